The van der Waals surface area contributed by atoms with Gasteiger partial charge >= 0.3 is 0 Å². The van der Waals surface area contributed by atoms with Gasteiger partial charge in [-0.3, -0.25) is 0 Å². The van der Waals surface area contributed by atoms with E-state index in [1.807, 2.05) is 13.8 Å². The molecule has 1 aliphatic carbocycles. The minimum absolute atomic E-state index is 0.956. The maximum atomic E-state index is 2.59. The Bertz CT molecular complexity index is 131. The Morgan fingerprint density at radius 1 is 0.923 bits per heavy atom. The standard InChI is InChI=1S/C10H19N.C2H6/c1-11-8-4-6-9-5-2-3-7-10(9)11;1-2/h9-10H,2-8H2,1H3;1-2H3. The molecule has 2 rings (SSSR count). The molecule has 1 aliphatic heterocycles. The molecular weight excluding hydrogens is 158 g/mol. The van der Waals surface area contributed by atoms with E-state index in [-0.39, 0.29) is 0 Å². The summed E-state index contributed by atoms with van der Waals surface area (Å²) >= 11 is 0. The third kappa shape index (κ3) is 2.70. The highest BCUT2D eigenvalue weighted by molar-refractivity contribution is 4.85. The molecule has 2 aliphatic rings. The van der Waals surface area contributed by atoms with Crippen LogP contribution < -0.4 is 0 Å². The molecule has 1 nitrogen and oxygen atoms in total. The van der Waals surface area contributed by atoms with Crippen LogP contribution in [0.25, 0.3) is 0 Å². The number of piperidine rings is 1. The molecule has 0 aromatic carbocycles. The van der Waals surface area contributed by atoms with E-state index in [1.54, 1.807) is 0 Å². The van der Waals surface area contributed by atoms with Gasteiger partial charge in [0, 0.05) is 6.04 Å². The SMILES string of the molecule is CC.CN1CCCC2CCCCC21. The van der Waals surface area contributed by atoms with Crippen LogP contribution in [0.2, 0.25) is 0 Å². The fourth-order valence-electron chi connectivity index (χ4n) is 2.87. The predicted octanol–water partition coefficient (Wildman–Crippen LogP) is 3.30. The Balaban J connectivity index is 0.000000396. The lowest BCUT2D eigenvalue weighted by Gasteiger charge is -2.42. The van der Waals surface area contributed by atoms with Crippen molar-refractivity contribution in [3.63, 3.8) is 0 Å². The fourth-order valence-corrected chi connectivity index (χ4v) is 2.87. The number of nitrogens with zero attached hydrogens (tertiary/aromatic N) is 1. The zero-order valence-electron chi connectivity index (χ0n) is 9.55. The molecule has 0 aromatic rings. The van der Waals surface area contributed by atoms with Crippen molar-refractivity contribution < 1.29 is 0 Å². The Kier molecular flexibility index (Phi) is 4.79. The normalized spacial score (nSPS) is 34.4. The molecule has 2 fully saturated rings. The van der Waals surface area contributed by atoms with Gasteiger partial charge in [0.05, 0.1) is 0 Å². The van der Waals surface area contributed by atoms with Crippen molar-refractivity contribution in [1.29, 1.82) is 0 Å². The second-order valence-electron chi connectivity index (χ2n) is 4.23. The molecule has 0 amide bonds. The molecule has 1 heteroatoms. The van der Waals surface area contributed by atoms with Crippen LogP contribution in [0.3, 0.4) is 0 Å². The van der Waals surface area contributed by atoms with Gasteiger partial charge in [-0.15, -0.1) is 0 Å². The highest BCUT2D eigenvalue weighted by Gasteiger charge is 2.30. The van der Waals surface area contributed by atoms with Crippen LogP contribution in [0.15, 0.2) is 0 Å². The molecule has 1 saturated heterocycles. The lowest BCUT2D eigenvalue weighted by atomic mass is 9.79. The fraction of sp³-hybridized carbons (Fsp3) is 1.00. The Labute approximate surface area is 83.5 Å². The van der Waals surface area contributed by atoms with Gasteiger partial charge < -0.3 is 4.90 Å². The first-order valence-electron chi connectivity index (χ1n) is 6.08. The van der Waals surface area contributed by atoms with Crippen molar-refractivity contribution in [2.24, 2.45) is 5.92 Å². The Hall–Kier alpha value is -0.0400. The van der Waals surface area contributed by atoms with Gasteiger partial charge in [-0.05, 0) is 45.2 Å². The number of rotatable bonds is 0. The third-order valence-electron chi connectivity index (χ3n) is 3.52. The average molecular weight is 183 g/mol. The van der Waals surface area contributed by atoms with Crippen molar-refractivity contribution in [2.75, 3.05) is 13.6 Å². The predicted molar refractivity (Wildman–Crippen MR) is 59.0 cm³/mol. The average Bonchev–Trinajstić information content (AvgIpc) is 2.22. The highest BCUT2D eigenvalue weighted by Crippen LogP contribution is 2.34. The van der Waals surface area contributed by atoms with E-state index < -0.39 is 0 Å². The molecule has 0 radical (unpaired) electrons. The summed E-state index contributed by atoms with van der Waals surface area (Å²) in [7, 11) is 2.31. The molecule has 13 heavy (non-hydrogen) atoms. The number of hydrogen-bond acceptors (Lipinski definition) is 1. The first kappa shape index (κ1) is 11.0. The van der Waals surface area contributed by atoms with Crippen LogP contribution in [-0.4, -0.2) is 24.5 Å². The van der Waals surface area contributed by atoms with Crippen LogP contribution in [-0.2, 0) is 0 Å². The molecule has 1 heterocycles. The molecule has 2 atom stereocenters. The van der Waals surface area contributed by atoms with Crippen molar-refractivity contribution in [3.05, 3.63) is 0 Å². The van der Waals surface area contributed by atoms with E-state index in [0.29, 0.717) is 0 Å². The number of hydrogen-bond donors (Lipinski definition) is 0. The van der Waals surface area contributed by atoms with Crippen molar-refractivity contribution in [3.8, 4) is 0 Å². The van der Waals surface area contributed by atoms with E-state index in [4.69, 9.17) is 0 Å². The summed E-state index contributed by atoms with van der Waals surface area (Å²) in [6, 6.07) is 0.956. The Morgan fingerprint density at radius 2 is 1.54 bits per heavy atom. The molecule has 0 aromatic heterocycles. The van der Waals surface area contributed by atoms with Gasteiger partial charge in [0.2, 0.25) is 0 Å². The van der Waals surface area contributed by atoms with Gasteiger partial charge in [-0.1, -0.05) is 26.7 Å². The molecule has 1 saturated carbocycles. The first-order valence-corrected chi connectivity index (χ1v) is 6.08. The van der Waals surface area contributed by atoms with Gasteiger partial charge in [0.15, 0.2) is 0 Å². The molecule has 0 N–H and O–H groups in total. The monoisotopic (exact) mass is 183 g/mol. The van der Waals surface area contributed by atoms with E-state index >= 15 is 0 Å². The lowest BCUT2D eigenvalue weighted by molar-refractivity contribution is 0.0841. The highest BCUT2D eigenvalue weighted by atomic mass is 15.1. The summed E-state index contributed by atoms with van der Waals surface area (Å²) < 4.78 is 0. The maximum Gasteiger partial charge on any atom is 0.0120 e. The second-order valence-corrected chi connectivity index (χ2v) is 4.23. The van der Waals surface area contributed by atoms with E-state index in [2.05, 4.69) is 11.9 Å². The van der Waals surface area contributed by atoms with Crippen LogP contribution in [0.5, 0.6) is 0 Å². The van der Waals surface area contributed by atoms with Gasteiger partial charge in [-0.2, -0.15) is 0 Å². The summed E-state index contributed by atoms with van der Waals surface area (Å²) in [6.07, 6.45) is 8.91. The minimum atomic E-state index is 0.956. The minimum Gasteiger partial charge on any atom is -0.303 e. The maximum absolute atomic E-state index is 2.59. The van der Waals surface area contributed by atoms with Gasteiger partial charge in [0.1, 0.15) is 0 Å². The topological polar surface area (TPSA) is 3.24 Å². The van der Waals surface area contributed by atoms with Crippen LogP contribution >= 0.6 is 0 Å². The summed E-state index contributed by atoms with van der Waals surface area (Å²) in [4.78, 5) is 2.59. The molecule has 2 unspecified atom stereocenters. The summed E-state index contributed by atoms with van der Waals surface area (Å²) in [6.45, 7) is 5.35. The van der Waals surface area contributed by atoms with E-state index in [1.165, 1.54) is 45.1 Å². The summed E-state index contributed by atoms with van der Waals surface area (Å²) in [5, 5.41) is 0. The largest absolute Gasteiger partial charge is 0.303 e. The molecular formula is C12H25N. The number of likely N-dealkylation sites (tertiary alicyclic amines) is 1. The number of fused-ring (bicyclic) bond motifs is 1. The molecule has 78 valence electrons. The first-order chi connectivity index (χ1) is 6.38. The quantitative estimate of drug-likeness (QED) is 0.557. The lowest BCUT2D eigenvalue weighted by Crippen LogP contribution is -2.44. The summed E-state index contributed by atoms with van der Waals surface area (Å²) in [5.74, 6) is 1.06. The van der Waals surface area contributed by atoms with Gasteiger partial charge in [0.25, 0.3) is 0 Å². The van der Waals surface area contributed by atoms with Crippen molar-refractivity contribution in [1.82, 2.24) is 4.90 Å². The van der Waals surface area contributed by atoms with Crippen molar-refractivity contribution in [2.45, 2.75) is 58.4 Å². The zero-order valence-corrected chi connectivity index (χ0v) is 9.55. The third-order valence-corrected chi connectivity index (χ3v) is 3.52. The molecule has 0 spiro atoms. The zero-order chi connectivity index (χ0) is 9.68. The Morgan fingerprint density at radius 3 is 2.23 bits per heavy atom. The van der Waals surface area contributed by atoms with Gasteiger partial charge in [-0.25, -0.2) is 0 Å². The van der Waals surface area contributed by atoms with Crippen LogP contribution in [0.1, 0.15) is 52.4 Å². The van der Waals surface area contributed by atoms with Crippen LogP contribution in [0.4, 0.5) is 0 Å². The van der Waals surface area contributed by atoms with Crippen molar-refractivity contribution >= 4 is 0 Å². The van der Waals surface area contributed by atoms with Crippen LogP contribution in [0, 0.1) is 5.92 Å². The van der Waals surface area contributed by atoms with E-state index in [9.17, 15) is 0 Å². The molecule has 0 bridgehead atoms. The second kappa shape index (κ2) is 5.64. The summed E-state index contributed by atoms with van der Waals surface area (Å²) in [5.41, 5.74) is 0. The smallest absolute Gasteiger partial charge is 0.0120 e. The van der Waals surface area contributed by atoms with E-state index in [0.717, 1.165) is 12.0 Å².